The van der Waals surface area contributed by atoms with E-state index in [2.05, 4.69) is 26.0 Å². The van der Waals surface area contributed by atoms with Crippen LogP contribution >= 0.6 is 7.82 Å². The lowest BCUT2D eigenvalue weighted by molar-refractivity contribution is -0.870. The topological polar surface area (TPSA) is 108 Å². The van der Waals surface area contributed by atoms with E-state index in [1.165, 1.54) is 96.3 Å². The number of ether oxygens (including phenoxy) is 2. The van der Waals surface area contributed by atoms with Crippen molar-refractivity contribution in [3.8, 4) is 0 Å². The van der Waals surface area contributed by atoms with Crippen LogP contribution in [0.2, 0.25) is 0 Å². The Bertz CT molecular complexity index is 891. The molecule has 0 rings (SSSR count). The van der Waals surface area contributed by atoms with Crippen LogP contribution in [0.4, 0.5) is 0 Å². The fraction of sp³-hybridized carbons (Fsp3) is 0.902. The van der Waals surface area contributed by atoms with Gasteiger partial charge in [0, 0.05) is 12.8 Å². The Morgan fingerprint density at radius 2 is 1.04 bits per heavy atom. The molecule has 0 aromatic carbocycles. The predicted molar refractivity (Wildman–Crippen MR) is 211 cm³/mol. The standard InChI is InChI=1S/C41H80NO8P/c1-6-8-10-12-14-16-18-19-20-21-22-23-24-26-27-29-31-33-40(43)47-37-39(38-49-51(45,46)48-36-35-42(3,4)5)50-41(44)34-32-30-28-25-17-15-13-11-9-7-2/h11,13,39H,6-10,12,14-38H2,1-5H3/p+1/b13-11-. The van der Waals surface area contributed by atoms with E-state index >= 15 is 0 Å². The fourth-order valence-corrected chi connectivity index (χ4v) is 6.46. The number of rotatable bonds is 38. The smallest absolute Gasteiger partial charge is 0.462 e. The lowest BCUT2D eigenvalue weighted by atomic mass is 10.0. The quantitative estimate of drug-likeness (QED) is 0.0219. The molecule has 0 bridgehead atoms. The minimum absolute atomic E-state index is 0.0328. The van der Waals surface area contributed by atoms with Crippen LogP contribution in [0, 0.1) is 0 Å². The van der Waals surface area contributed by atoms with Crippen LogP contribution in [-0.2, 0) is 32.7 Å². The Morgan fingerprint density at radius 3 is 1.53 bits per heavy atom. The number of hydrogen-bond donors (Lipinski definition) is 1. The van der Waals surface area contributed by atoms with Gasteiger partial charge in [-0.3, -0.25) is 18.6 Å². The fourth-order valence-electron chi connectivity index (χ4n) is 5.72. The van der Waals surface area contributed by atoms with Gasteiger partial charge in [-0.05, 0) is 32.1 Å². The molecule has 0 spiro atoms. The second kappa shape index (κ2) is 34.5. The average Bonchev–Trinajstić information content (AvgIpc) is 3.07. The molecule has 0 saturated carbocycles. The maximum absolute atomic E-state index is 12.6. The van der Waals surface area contributed by atoms with Crippen molar-refractivity contribution in [2.45, 2.75) is 193 Å². The van der Waals surface area contributed by atoms with Gasteiger partial charge in [0.1, 0.15) is 19.8 Å². The largest absolute Gasteiger partial charge is 0.472 e. The molecule has 51 heavy (non-hydrogen) atoms. The summed E-state index contributed by atoms with van der Waals surface area (Å²) in [5.41, 5.74) is 0. The van der Waals surface area contributed by atoms with Gasteiger partial charge in [-0.1, -0.05) is 154 Å². The summed E-state index contributed by atoms with van der Waals surface area (Å²) in [6, 6.07) is 0. The minimum Gasteiger partial charge on any atom is -0.462 e. The zero-order valence-electron chi connectivity index (χ0n) is 33.9. The number of phosphoric ester groups is 1. The second-order valence-electron chi connectivity index (χ2n) is 15.4. The molecule has 0 saturated heterocycles. The van der Waals surface area contributed by atoms with Crippen LogP contribution in [-0.4, -0.2) is 74.9 Å². The zero-order chi connectivity index (χ0) is 37.9. The van der Waals surface area contributed by atoms with Gasteiger partial charge in [0.05, 0.1) is 27.7 Å². The van der Waals surface area contributed by atoms with Gasteiger partial charge in [-0.2, -0.15) is 0 Å². The molecule has 9 nitrogen and oxygen atoms in total. The number of carbonyl (C=O) groups is 2. The summed E-state index contributed by atoms with van der Waals surface area (Å²) < 4.78 is 34.2. The van der Waals surface area contributed by atoms with Crippen molar-refractivity contribution in [1.82, 2.24) is 0 Å². The summed E-state index contributed by atoms with van der Waals surface area (Å²) in [6.45, 7) is 4.36. The highest BCUT2D eigenvalue weighted by Crippen LogP contribution is 2.43. The maximum Gasteiger partial charge on any atom is 0.472 e. The molecule has 0 aliphatic rings. The molecule has 0 radical (unpaired) electrons. The molecule has 2 atom stereocenters. The van der Waals surface area contributed by atoms with Crippen molar-refractivity contribution < 1.29 is 42.1 Å². The summed E-state index contributed by atoms with van der Waals surface area (Å²) in [5, 5.41) is 0. The van der Waals surface area contributed by atoms with Crippen molar-refractivity contribution in [2.75, 3.05) is 47.5 Å². The first-order valence-electron chi connectivity index (χ1n) is 20.9. The highest BCUT2D eigenvalue weighted by molar-refractivity contribution is 7.47. The number of likely N-dealkylation sites (N-methyl/N-ethyl adjacent to an activating group) is 1. The van der Waals surface area contributed by atoms with Crippen molar-refractivity contribution in [3.05, 3.63) is 12.2 Å². The molecular formula is C41H81NO8P+. The maximum atomic E-state index is 12.6. The highest BCUT2D eigenvalue weighted by atomic mass is 31.2. The molecule has 302 valence electrons. The molecule has 10 heteroatoms. The van der Waals surface area contributed by atoms with Crippen molar-refractivity contribution >= 4 is 19.8 Å². The molecule has 0 aliphatic heterocycles. The first-order valence-corrected chi connectivity index (χ1v) is 22.4. The molecule has 0 amide bonds. The highest BCUT2D eigenvalue weighted by Gasteiger charge is 2.27. The number of phosphoric acid groups is 1. The summed E-state index contributed by atoms with van der Waals surface area (Å²) in [4.78, 5) is 35.2. The Kier molecular flexibility index (Phi) is 33.7. The number of unbranched alkanes of at least 4 members (excludes halogenated alkanes) is 22. The Balaban J connectivity index is 4.30. The van der Waals surface area contributed by atoms with E-state index in [0.717, 1.165) is 57.8 Å². The van der Waals surface area contributed by atoms with Gasteiger partial charge in [-0.15, -0.1) is 0 Å². The van der Waals surface area contributed by atoms with E-state index in [1.807, 2.05) is 21.1 Å². The summed E-state index contributed by atoms with van der Waals surface area (Å²) in [5.74, 6) is -0.804. The van der Waals surface area contributed by atoms with Gasteiger partial charge >= 0.3 is 19.8 Å². The third-order valence-corrected chi connectivity index (χ3v) is 10.0. The van der Waals surface area contributed by atoms with Crippen molar-refractivity contribution in [3.63, 3.8) is 0 Å². The van der Waals surface area contributed by atoms with Gasteiger partial charge in [0.15, 0.2) is 6.10 Å². The molecule has 1 N–H and O–H groups in total. The van der Waals surface area contributed by atoms with Crippen LogP contribution < -0.4 is 0 Å². The summed E-state index contributed by atoms with van der Waals surface area (Å²) >= 11 is 0. The lowest BCUT2D eigenvalue weighted by Crippen LogP contribution is -2.37. The Hall–Kier alpha value is -1.25. The van der Waals surface area contributed by atoms with E-state index in [4.69, 9.17) is 18.5 Å². The lowest BCUT2D eigenvalue weighted by Gasteiger charge is -2.24. The Labute approximate surface area is 314 Å². The molecule has 0 aromatic heterocycles. The van der Waals surface area contributed by atoms with Gasteiger partial charge in [-0.25, -0.2) is 4.57 Å². The predicted octanol–water partition coefficient (Wildman–Crippen LogP) is 11.4. The summed E-state index contributed by atoms with van der Waals surface area (Å²) in [7, 11) is 1.48. The first kappa shape index (κ1) is 49.8. The van der Waals surface area contributed by atoms with Crippen LogP contribution in [0.15, 0.2) is 12.2 Å². The third kappa shape index (κ3) is 38.3. The molecule has 0 fully saturated rings. The van der Waals surface area contributed by atoms with Gasteiger partial charge in [0.2, 0.25) is 0 Å². The number of esters is 2. The summed E-state index contributed by atoms with van der Waals surface area (Å²) in [6.07, 6.45) is 34.1. The molecule has 2 unspecified atom stereocenters. The normalized spacial score (nSPS) is 13.8. The second-order valence-corrected chi connectivity index (χ2v) is 16.8. The number of hydrogen-bond acceptors (Lipinski definition) is 7. The van der Waals surface area contributed by atoms with E-state index in [-0.39, 0.29) is 25.6 Å². The van der Waals surface area contributed by atoms with E-state index in [1.54, 1.807) is 0 Å². The van der Waals surface area contributed by atoms with E-state index < -0.39 is 26.5 Å². The number of nitrogens with zero attached hydrogens (tertiary/aromatic N) is 1. The number of carbonyl (C=O) groups excluding carboxylic acids is 2. The number of allylic oxidation sites excluding steroid dienone is 2. The number of quaternary nitrogens is 1. The van der Waals surface area contributed by atoms with E-state index in [0.29, 0.717) is 23.9 Å². The van der Waals surface area contributed by atoms with Crippen LogP contribution in [0.25, 0.3) is 0 Å². The molecule has 0 aliphatic carbocycles. The third-order valence-electron chi connectivity index (χ3n) is 9.03. The van der Waals surface area contributed by atoms with Gasteiger partial charge < -0.3 is 18.9 Å². The van der Waals surface area contributed by atoms with Gasteiger partial charge in [0.25, 0.3) is 0 Å². The van der Waals surface area contributed by atoms with Crippen molar-refractivity contribution in [1.29, 1.82) is 0 Å². The Morgan fingerprint density at radius 1 is 0.588 bits per heavy atom. The van der Waals surface area contributed by atoms with Crippen LogP contribution in [0.3, 0.4) is 0 Å². The monoisotopic (exact) mass is 747 g/mol. The SMILES string of the molecule is CCC/C=C\CCCCCCCC(=O)OC(COC(=O)CCCCCCCCCCCCCCCCCCC)COP(=O)(O)OCC[N+](C)(C)C. The van der Waals surface area contributed by atoms with E-state index in [9.17, 15) is 19.0 Å². The van der Waals surface area contributed by atoms with Crippen LogP contribution in [0.1, 0.15) is 187 Å². The zero-order valence-corrected chi connectivity index (χ0v) is 34.7. The molecular weight excluding hydrogens is 665 g/mol. The average molecular weight is 747 g/mol. The van der Waals surface area contributed by atoms with Crippen molar-refractivity contribution in [2.24, 2.45) is 0 Å². The molecule has 0 heterocycles. The first-order chi connectivity index (χ1) is 24.5. The molecule has 0 aromatic rings. The minimum atomic E-state index is -4.36. The van der Waals surface area contributed by atoms with Crippen LogP contribution in [0.5, 0.6) is 0 Å².